The molecule has 1 unspecified atom stereocenters. The average molecular weight is 455 g/mol. The summed E-state index contributed by atoms with van der Waals surface area (Å²) in [7, 11) is 4.66. The Morgan fingerprint density at radius 1 is 1.21 bits per heavy atom. The number of carbonyl (C=O) groups excluding carboxylic acids is 1. The van der Waals surface area contributed by atoms with Crippen molar-refractivity contribution in [2.24, 2.45) is 5.92 Å². The molecule has 2 aromatic heterocycles. The van der Waals surface area contributed by atoms with Crippen LogP contribution in [0.3, 0.4) is 0 Å². The van der Waals surface area contributed by atoms with E-state index in [0.29, 0.717) is 34.7 Å². The number of halogens is 1. The first-order chi connectivity index (χ1) is 15.9. The molecule has 1 aliphatic carbocycles. The van der Waals surface area contributed by atoms with Crippen LogP contribution in [0.15, 0.2) is 40.9 Å². The summed E-state index contributed by atoms with van der Waals surface area (Å²) in [6.07, 6.45) is 6.59. The summed E-state index contributed by atoms with van der Waals surface area (Å²) in [6, 6.07) is 8.31. The van der Waals surface area contributed by atoms with E-state index in [1.165, 1.54) is 12.3 Å². The van der Waals surface area contributed by atoms with Crippen molar-refractivity contribution in [3.05, 3.63) is 64.4 Å². The van der Waals surface area contributed by atoms with Gasteiger partial charge in [0.15, 0.2) is 5.42 Å². The topological polar surface area (TPSA) is 98.5 Å². The molecule has 0 radical (unpaired) electrons. The van der Waals surface area contributed by atoms with Crippen molar-refractivity contribution in [3.63, 3.8) is 0 Å². The maximum atomic E-state index is 13.7. The molecule has 8 nitrogen and oxygen atoms in total. The summed E-state index contributed by atoms with van der Waals surface area (Å²) < 4.78 is 29.4. The third-order valence-corrected chi connectivity index (χ3v) is 4.91. The van der Waals surface area contributed by atoms with Crippen molar-refractivity contribution < 1.29 is 23.1 Å². The Hall–Kier alpha value is -3.88. The summed E-state index contributed by atoms with van der Waals surface area (Å²) in [4.78, 5) is 19.3. The van der Waals surface area contributed by atoms with Crippen LogP contribution in [-0.4, -0.2) is 37.1 Å². The summed E-state index contributed by atoms with van der Waals surface area (Å²) in [6.45, 7) is 2.42. The Bertz CT molecular complexity index is 1230. The summed E-state index contributed by atoms with van der Waals surface area (Å²) in [5, 5.41) is 6.34. The number of anilines is 1. The zero-order valence-electron chi connectivity index (χ0n) is 19.0. The Morgan fingerprint density at radius 2 is 1.97 bits per heavy atom. The predicted octanol–water partition coefficient (Wildman–Crippen LogP) is 2.49. The Morgan fingerprint density at radius 3 is 2.70 bits per heavy atom. The van der Waals surface area contributed by atoms with E-state index in [1.807, 2.05) is 6.08 Å². The minimum atomic E-state index is -0.286. The van der Waals surface area contributed by atoms with Gasteiger partial charge in [0.05, 0.1) is 14.2 Å². The van der Waals surface area contributed by atoms with Gasteiger partial charge in [-0.3, -0.25) is 9.78 Å². The number of hydrogen-bond acceptors (Lipinski definition) is 7. The van der Waals surface area contributed by atoms with Crippen LogP contribution in [-0.2, 0) is 6.54 Å². The quantitative estimate of drug-likeness (QED) is 0.590. The van der Waals surface area contributed by atoms with Crippen LogP contribution in [0.25, 0.3) is 12.2 Å². The van der Waals surface area contributed by atoms with Crippen molar-refractivity contribution in [2.45, 2.75) is 19.9 Å². The number of aromatic nitrogens is 2. The third-order valence-electron chi connectivity index (χ3n) is 4.91. The molecule has 3 aromatic rings. The van der Waals surface area contributed by atoms with Crippen LogP contribution in [0.4, 0.5) is 10.4 Å². The molecule has 2 heterocycles. The van der Waals surface area contributed by atoms with E-state index >= 15 is 0 Å². The van der Waals surface area contributed by atoms with Gasteiger partial charge in [-0.1, -0.05) is 13.0 Å². The lowest BCUT2D eigenvalue weighted by atomic mass is 10.0. The second-order valence-electron chi connectivity index (χ2n) is 7.32. The minimum Gasteiger partial charge on any atom is -0.497 e. The Kier molecular flexibility index (Phi) is 8.01. The summed E-state index contributed by atoms with van der Waals surface area (Å²) >= 11 is 0. The standard InChI is InChI=1S/C16H17FN2O2.C8H10N2O2/c1-10-3-6-15-14(7-10)19-16(21-15)18-9-11-8-12(20-2)4-5-13(11)17;1-9-8(11)7-5-6(12-2)3-4-10-7/h4-8,10H,3,9H2,1-2H3,(H,18,19);3-5H,1-2H3,(H,9,11). The van der Waals surface area contributed by atoms with Gasteiger partial charge in [0.2, 0.25) is 0 Å². The first-order valence-electron chi connectivity index (χ1n) is 10.4. The van der Waals surface area contributed by atoms with Gasteiger partial charge in [-0.15, -0.1) is 0 Å². The highest BCUT2D eigenvalue weighted by atomic mass is 19.1. The largest absolute Gasteiger partial charge is 0.497 e. The van der Waals surface area contributed by atoms with Gasteiger partial charge >= 0.3 is 0 Å². The molecule has 0 saturated carbocycles. The van der Waals surface area contributed by atoms with Crippen molar-refractivity contribution in [1.82, 2.24) is 15.3 Å². The molecule has 1 amide bonds. The first kappa shape index (κ1) is 23.8. The predicted molar refractivity (Wildman–Crippen MR) is 123 cm³/mol. The molecule has 1 atom stereocenters. The van der Waals surface area contributed by atoms with E-state index in [9.17, 15) is 9.18 Å². The smallest absolute Gasteiger partial charge is 0.295 e. The van der Waals surface area contributed by atoms with Crippen LogP contribution >= 0.6 is 0 Å². The van der Waals surface area contributed by atoms with Crippen LogP contribution in [0.5, 0.6) is 11.5 Å². The van der Waals surface area contributed by atoms with Gasteiger partial charge in [0.1, 0.15) is 28.4 Å². The van der Waals surface area contributed by atoms with Gasteiger partial charge in [0.25, 0.3) is 11.9 Å². The number of benzene rings is 1. The van der Waals surface area contributed by atoms with Crippen LogP contribution in [0, 0.1) is 11.7 Å². The fourth-order valence-corrected chi connectivity index (χ4v) is 3.09. The fourth-order valence-electron chi connectivity index (χ4n) is 3.09. The molecule has 1 aliphatic rings. The maximum absolute atomic E-state index is 13.7. The molecule has 0 aliphatic heterocycles. The normalized spacial score (nSPS) is 13.9. The van der Waals surface area contributed by atoms with Gasteiger partial charge in [0, 0.05) is 31.4 Å². The number of nitrogens with one attached hydrogen (secondary N) is 2. The number of ether oxygens (including phenoxy) is 2. The number of pyridine rings is 1. The molecule has 4 rings (SSSR count). The summed E-state index contributed by atoms with van der Waals surface area (Å²) in [5.74, 6) is 1.21. The van der Waals surface area contributed by atoms with Crippen molar-refractivity contribution >= 4 is 24.1 Å². The second kappa shape index (κ2) is 11.1. The lowest BCUT2D eigenvalue weighted by molar-refractivity contribution is 0.0957. The van der Waals surface area contributed by atoms with E-state index in [2.05, 4.69) is 33.6 Å². The Balaban J connectivity index is 0.000000218. The van der Waals surface area contributed by atoms with Gasteiger partial charge in [-0.05, 0) is 42.7 Å². The SMILES string of the molecule is CNC(=O)c1cc(OC)ccn1.COc1ccc(F)c(CNc2nc3c(o2)=CCC(C)C=3)c1. The zero-order valence-corrected chi connectivity index (χ0v) is 19.0. The first-order valence-corrected chi connectivity index (χ1v) is 10.4. The maximum Gasteiger partial charge on any atom is 0.295 e. The molecule has 0 bridgehead atoms. The number of fused-ring (bicyclic) bond motifs is 1. The highest BCUT2D eigenvalue weighted by Crippen LogP contribution is 2.17. The molecular weight excluding hydrogens is 427 g/mol. The number of rotatable bonds is 6. The van der Waals surface area contributed by atoms with E-state index < -0.39 is 0 Å². The van der Waals surface area contributed by atoms with Gasteiger partial charge < -0.3 is 24.5 Å². The van der Waals surface area contributed by atoms with Gasteiger partial charge in [-0.2, -0.15) is 4.98 Å². The molecule has 0 spiro atoms. The number of nitrogens with zero attached hydrogens (tertiary/aromatic N) is 2. The van der Waals surface area contributed by atoms with Crippen molar-refractivity contribution in [2.75, 3.05) is 26.6 Å². The monoisotopic (exact) mass is 454 g/mol. The second-order valence-corrected chi connectivity index (χ2v) is 7.32. The Labute approximate surface area is 191 Å². The number of hydrogen-bond donors (Lipinski definition) is 2. The van der Waals surface area contributed by atoms with Gasteiger partial charge in [-0.25, -0.2) is 4.39 Å². The number of oxazole rings is 1. The fraction of sp³-hybridized carbons (Fsp3) is 0.292. The highest BCUT2D eigenvalue weighted by Gasteiger charge is 2.10. The summed E-state index contributed by atoms with van der Waals surface area (Å²) in [5.41, 5.74) is 1.64. The third kappa shape index (κ3) is 6.31. The van der Waals surface area contributed by atoms with E-state index in [1.54, 1.807) is 45.5 Å². The van der Waals surface area contributed by atoms with Crippen LogP contribution in [0.1, 0.15) is 29.4 Å². The minimum absolute atomic E-state index is 0.214. The lowest BCUT2D eigenvalue weighted by Gasteiger charge is -2.06. The molecule has 33 heavy (non-hydrogen) atoms. The van der Waals surface area contributed by atoms with E-state index in [0.717, 1.165) is 17.2 Å². The highest BCUT2D eigenvalue weighted by molar-refractivity contribution is 5.92. The molecule has 9 heteroatoms. The lowest BCUT2D eigenvalue weighted by Crippen LogP contribution is -2.26. The van der Waals surface area contributed by atoms with Crippen molar-refractivity contribution in [1.29, 1.82) is 0 Å². The van der Waals surface area contributed by atoms with Crippen LogP contribution < -0.4 is 30.9 Å². The van der Waals surface area contributed by atoms with E-state index in [-0.39, 0.29) is 18.3 Å². The van der Waals surface area contributed by atoms with Crippen LogP contribution in [0.2, 0.25) is 0 Å². The molecule has 0 fully saturated rings. The molecule has 1 aromatic carbocycles. The molecular formula is C24H27FN4O4. The molecule has 2 N–H and O–H groups in total. The molecule has 0 saturated heterocycles. The average Bonchev–Trinajstić information content (AvgIpc) is 3.25. The van der Waals surface area contributed by atoms with E-state index in [4.69, 9.17) is 13.9 Å². The number of methoxy groups -OCH3 is 2. The number of carbonyl (C=O) groups is 1. The van der Waals surface area contributed by atoms with Crippen molar-refractivity contribution in [3.8, 4) is 11.5 Å². The number of amides is 1. The zero-order chi connectivity index (χ0) is 23.8. The molecule has 174 valence electrons.